The van der Waals surface area contributed by atoms with E-state index in [-0.39, 0.29) is 6.10 Å². The van der Waals surface area contributed by atoms with Crippen LogP contribution in [-0.4, -0.2) is 18.3 Å². The van der Waals surface area contributed by atoms with Gasteiger partial charge in [-0.25, -0.2) is 0 Å². The highest BCUT2D eigenvalue weighted by molar-refractivity contribution is 5.56. The highest BCUT2D eigenvalue weighted by Crippen LogP contribution is 2.26. The average molecular weight is 218 g/mol. The summed E-state index contributed by atoms with van der Waals surface area (Å²) in [6, 6.07) is 7.94. The van der Waals surface area contributed by atoms with Crippen LogP contribution in [0.25, 0.3) is 6.08 Å². The van der Waals surface area contributed by atoms with Gasteiger partial charge in [0.25, 0.3) is 0 Å². The van der Waals surface area contributed by atoms with Crippen LogP contribution in [0.5, 0.6) is 5.75 Å². The lowest BCUT2D eigenvalue weighted by molar-refractivity contribution is 0.180. The Balaban J connectivity index is 2.20. The normalized spacial score (nSPS) is 23.4. The molecular weight excluding hydrogens is 200 g/mol. The maximum Gasteiger partial charge on any atom is 0.119 e. The molecule has 2 nitrogen and oxygen atoms in total. The first kappa shape index (κ1) is 11.2. The molecule has 0 spiro atoms. The first-order valence-electron chi connectivity index (χ1n) is 5.82. The molecule has 0 saturated heterocycles. The van der Waals surface area contributed by atoms with Crippen LogP contribution in [0.3, 0.4) is 0 Å². The summed E-state index contributed by atoms with van der Waals surface area (Å²) >= 11 is 0. The molecule has 0 aliphatic heterocycles. The molecule has 1 atom stereocenters. The number of aliphatic hydroxyl groups excluding tert-OH is 1. The lowest BCUT2D eigenvalue weighted by Crippen LogP contribution is -2.14. The molecule has 1 saturated carbocycles. The van der Waals surface area contributed by atoms with Gasteiger partial charge in [0.05, 0.1) is 13.2 Å². The van der Waals surface area contributed by atoms with Crippen LogP contribution in [0.15, 0.2) is 29.8 Å². The van der Waals surface area contributed by atoms with E-state index in [0.29, 0.717) is 0 Å². The van der Waals surface area contributed by atoms with Gasteiger partial charge < -0.3 is 9.84 Å². The molecular formula is C14H18O2. The van der Waals surface area contributed by atoms with Gasteiger partial charge in [0.1, 0.15) is 5.75 Å². The van der Waals surface area contributed by atoms with E-state index in [4.69, 9.17) is 4.74 Å². The zero-order valence-corrected chi connectivity index (χ0v) is 9.65. The number of hydrogen-bond donors (Lipinski definition) is 1. The smallest absolute Gasteiger partial charge is 0.119 e. The van der Waals surface area contributed by atoms with E-state index in [1.54, 1.807) is 7.11 Å². The van der Waals surface area contributed by atoms with E-state index in [0.717, 1.165) is 36.1 Å². The minimum atomic E-state index is -0.250. The minimum absolute atomic E-state index is 0.250. The fourth-order valence-corrected chi connectivity index (χ4v) is 2.13. The summed E-state index contributed by atoms with van der Waals surface area (Å²) in [5, 5.41) is 9.86. The van der Waals surface area contributed by atoms with Crippen LogP contribution in [-0.2, 0) is 0 Å². The van der Waals surface area contributed by atoms with Crippen molar-refractivity contribution >= 4 is 6.08 Å². The third kappa shape index (κ3) is 2.64. The number of hydrogen-bond acceptors (Lipinski definition) is 2. The number of methoxy groups -OCH3 is 1. The van der Waals surface area contributed by atoms with Crippen LogP contribution in [0.4, 0.5) is 0 Å². The highest BCUT2D eigenvalue weighted by atomic mass is 16.5. The molecule has 1 aromatic rings. The van der Waals surface area contributed by atoms with E-state index in [9.17, 15) is 5.11 Å². The van der Waals surface area contributed by atoms with Gasteiger partial charge >= 0.3 is 0 Å². The molecule has 0 amide bonds. The lowest BCUT2D eigenvalue weighted by atomic mass is 9.91. The second-order valence-electron chi connectivity index (χ2n) is 4.26. The second-order valence-corrected chi connectivity index (χ2v) is 4.26. The summed E-state index contributed by atoms with van der Waals surface area (Å²) in [5.41, 5.74) is 2.26. The number of rotatable bonds is 2. The molecule has 0 radical (unpaired) electrons. The fraction of sp³-hybridized carbons (Fsp3) is 0.429. The Kier molecular flexibility index (Phi) is 3.62. The molecule has 0 aromatic heterocycles. The molecule has 2 heteroatoms. The predicted octanol–water partition coefficient (Wildman–Crippen LogP) is 3.01. The van der Waals surface area contributed by atoms with Crippen molar-refractivity contribution in [3.63, 3.8) is 0 Å². The Morgan fingerprint density at radius 2 is 2.25 bits per heavy atom. The molecule has 1 fully saturated rings. The van der Waals surface area contributed by atoms with Gasteiger partial charge in [0, 0.05) is 0 Å². The molecule has 1 aromatic carbocycles. The quantitative estimate of drug-likeness (QED) is 0.826. The SMILES string of the molecule is COc1cccc(/C=C2\CCCCC2O)c1. The van der Waals surface area contributed by atoms with E-state index in [1.165, 1.54) is 6.42 Å². The Labute approximate surface area is 96.6 Å². The van der Waals surface area contributed by atoms with Gasteiger partial charge in [0.2, 0.25) is 0 Å². The van der Waals surface area contributed by atoms with Crippen molar-refractivity contribution in [3.05, 3.63) is 35.4 Å². The van der Waals surface area contributed by atoms with Crippen molar-refractivity contribution in [2.75, 3.05) is 7.11 Å². The van der Waals surface area contributed by atoms with Crippen molar-refractivity contribution in [3.8, 4) is 5.75 Å². The summed E-state index contributed by atoms with van der Waals surface area (Å²) < 4.78 is 5.18. The predicted molar refractivity (Wildman–Crippen MR) is 65.4 cm³/mol. The summed E-state index contributed by atoms with van der Waals surface area (Å²) in [6.07, 6.45) is 6.07. The molecule has 1 aliphatic carbocycles. The summed E-state index contributed by atoms with van der Waals surface area (Å²) in [4.78, 5) is 0. The van der Waals surface area contributed by atoms with Gasteiger partial charge in [-0.15, -0.1) is 0 Å². The van der Waals surface area contributed by atoms with Gasteiger partial charge in [0.15, 0.2) is 0 Å². The summed E-state index contributed by atoms with van der Waals surface area (Å²) in [7, 11) is 1.67. The zero-order chi connectivity index (χ0) is 11.4. The van der Waals surface area contributed by atoms with Crippen LogP contribution < -0.4 is 4.74 Å². The summed E-state index contributed by atoms with van der Waals surface area (Å²) in [5.74, 6) is 0.861. The first-order chi connectivity index (χ1) is 7.79. The van der Waals surface area contributed by atoms with Gasteiger partial charge in [-0.05, 0) is 42.5 Å². The molecule has 1 N–H and O–H groups in total. The topological polar surface area (TPSA) is 29.5 Å². The Morgan fingerprint density at radius 3 is 3.00 bits per heavy atom. The minimum Gasteiger partial charge on any atom is -0.497 e. The van der Waals surface area contributed by atoms with E-state index >= 15 is 0 Å². The van der Waals surface area contributed by atoms with E-state index in [2.05, 4.69) is 6.08 Å². The van der Waals surface area contributed by atoms with Gasteiger partial charge in [-0.1, -0.05) is 24.6 Å². The van der Waals surface area contributed by atoms with Gasteiger partial charge in [-0.3, -0.25) is 0 Å². The number of ether oxygens (including phenoxy) is 1. The third-order valence-corrected chi connectivity index (χ3v) is 3.07. The van der Waals surface area contributed by atoms with Crippen LogP contribution in [0, 0.1) is 0 Å². The molecule has 1 unspecified atom stereocenters. The van der Waals surface area contributed by atoms with Gasteiger partial charge in [-0.2, -0.15) is 0 Å². The number of aliphatic hydroxyl groups is 1. The second kappa shape index (κ2) is 5.17. The Morgan fingerprint density at radius 1 is 1.38 bits per heavy atom. The molecule has 1 aliphatic rings. The Hall–Kier alpha value is -1.28. The maximum atomic E-state index is 9.86. The van der Waals surface area contributed by atoms with Crippen LogP contribution in [0.1, 0.15) is 31.2 Å². The molecule has 0 heterocycles. The fourth-order valence-electron chi connectivity index (χ4n) is 2.13. The van der Waals surface area contributed by atoms with E-state index < -0.39 is 0 Å². The molecule has 2 rings (SSSR count). The van der Waals surface area contributed by atoms with E-state index in [1.807, 2.05) is 24.3 Å². The lowest BCUT2D eigenvalue weighted by Gasteiger charge is -2.20. The van der Waals surface area contributed by atoms with Crippen molar-refractivity contribution in [2.24, 2.45) is 0 Å². The van der Waals surface area contributed by atoms with Crippen LogP contribution in [0.2, 0.25) is 0 Å². The molecule has 16 heavy (non-hydrogen) atoms. The van der Waals surface area contributed by atoms with Crippen molar-refractivity contribution in [2.45, 2.75) is 31.8 Å². The largest absolute Gasteiger partial charge is 0.497 e. The molecule has 86 valence electrons. The number of benzene rings is 1. The monoisotopic (exact) mass is 218 g/mol. The van der Waals surface area contributed by atoms with Crippen LogP contribution >= 0.6 is 0 Å². The third-order valence-electron chi connectivity index (χ3n) is 3.07. The average Bonchev–Trinajstić information content (AvgIpc) is 2.32. The van der Waals surface area contributed by atoms with Crippen molar-refractivity contribution in [1.29, 1.82) is 0 Å². The summed E-state index contributed by atoms with van der Waals surface area (Å²) in [6.45, 7) is 0. The van der Waals surface area contributed by atoms with Crippen molar-refractivity contribution in [1.82, 2.24) is 0 Å². The zero-order valence-electron chi connectivity index (χ0n) is 9.65. The maximum absolute atomic E-state index is 9.86. The van der Waals surface area contributed by atoms with Crippen molar-refractivity contribution < 1.29 is 9.84 Å². The Bertz CT molecular complexity index is 382. The standard InChI is InChI=1S/C14H18O2/c1-16-13-7-4-5-11(10-13)9-12-6-2-3-8-14(12)15/h4-5,7,9-10,14-15H,2-3,6,8H2,1H3/b12-9+. The first-order valence-corrected chi connectivity index (χ1v) is 5.82. The highest BCUT2D eigenvalue weighted by Gasteiger charge is 2.15. The molecule has 0 bridgehead atoms.